The minimum Gasteiger partial charge on any atom is -0.0692 e. The van der Waals surface area contributed by atoms with E-state index in [1.165, 1.54) is 22.3 Å². The quantitative estimate of drug-likeness (QED) is 0.688. The van der Waals surface area contributed by atoms with Crippen molar-refractivity contribution in [1.82, 2.24) is 0 Å². The van der Waals surface area contributed by atoms with Gasteiger partial charge in [-0.15, -0.1) is 0 Å². The van der Waals surface area contributed by atoms with Crippen LogP contribution in [0.2, 0.25) is 0 Å². The number of hydrogen-bond acceptors (Lipinski definition) is 0. The normalized spacial score (nSPS) is 21.1. The van der Waals surface area contributed by atoms with Crippen LogP contribution < -0.4 is 0 Å². The predicted octanol–water partition coefficient (Wildman–Crippen LogP) is 5.09. The summed E-state index contributed by atoms with van der Waals surface area (Å²) in [6.07, 6.45) is 4.52. The maximum atomic E-state index is 3.57. The van der Waals surface area contributed by atoms with Crippen LogP contribution in [0.25, 0.3) is 6.08 Å². The summed E-state index contributed by atoms with van der Waals surface area (Å²) in [5, 5.41) is 0. The van der Waals surface area contributed by atoms with E-state index in [-0.39, 0.29) is 5.41 Å². The van der Waals surface area contributed by atoms with Gasteiger partial charge in [-0.2, -0.15) is 0 Å². The lowest BCUT2D eigenvalue weighted by Crippen LogP contribution is -2.18. The maximum absolute atomic E-state index is 3.57. The highest BCUT2D eigenvalue weighted by molar-refractivity contribution is 9.10. The molecular formula is C17H15Br. The van der Waals surface area contributed by atoms with Crippen LogP contribution in [0.4, 0.5) is 0 Å². The highest BCUT2D eigenvalue weighted by Crippen LogP contribution is 2.42. The maximum Gasteiger partial charge on any atom is 0.0363 e. The van der Waals surface area contributed by atoms with E-state index in [2.05, 4.69) is 84.4 Å². The first kappa shape index (κ1) is 11.7. The van der Waals surface area contributed by atoms with Gasteiger partial charge in [0.25, 0.3) is 0 Å². The monoisotopic (exact) mass is 298 g/mol. The van der Waals surface area contributed by atoms with E-state index < -0.39 is 0 Å². The van der Waals surface area contributed by atoms with E-state index in [9.17, 15) is 0 Å². The van der Waals surface area contributed by atoms with Crippen LogP contribution >= 0.6 is 15.9 Å². The lowest BCUT2D eigenvalue weighted by atomic mass is 9.78. The highest BCUT2D eigenvalue weighted by Gasteiger charge is 2.31. The summed E-state index contributed by atoms with van der Waals surface area (Å²) in [4.78, 5) is 0. The third-order valence-corrected chi connectivity index (χ3v) is 4.32. The Balaban J connectivity index is 2.16. The van der Waals surface area contributed by atoms with Crippen LogP contribution in [0.5, 0.6) is 0 Å². The Hall–Kier alpha value is -1.34. The Labute approximate surface area is 116 Å². The highest BCUT2D eigenvalue weighted by atomic mass is 79.9. The molecule has 1 heteroatoms. The lowest BCUT2D eigenvalue weighted by Gasteiger charge is -2.25. The number of fused-ring (bicyclic) bond motifs is 1. The van der Waals surface area contributed by atoms with Gasteiger partial charge in [0.05, 0.1) is 0 Å². The first-order valence-electron chi connectivity index (χ1n) is 6.16. The van der Waals surface area contributed by atoms with Crippen molar-refractivity contribution in [2.45, 2.75) is 19.3 Å². The topological polar surface area (TPSA) is 0 Å². The zero-order valence-electron chi connectivity index (χ0n) is 10.6. The van der Waals surface area contributed by atoms with E-state index in [1.54, 1.807) is 0 Å². The van der Waals surface area contributed by atoms with Crippen LogP contribution in [0.3, 0.4) is 0 Å². The summed E-state index contributed by atoms with van der Waals surface area (Å²) >= 11 is 3.57. The molecule has 1 aliphatic rings. The van der Waals surface area contributed by atoms with Crippen LogP contribution in [-0.4, -0.2) is 0 Å². The van der Waals surface area contributed by atoms with E-state index in [0.29, 0.717) is 0 Å². The van der Waals surface area contributed by atoms with Crippen LogP contribution in [0, 0.1) is 6.92 Å². The Kier molecular flexibility index (Phi) is 2.67. The zero-order chi connectivity index (χ0) is 12.8. The van der Waals surface area contributed by atoms with Crippen molar-refractivity contribution in [3.63, 3.8) is 0 Å². The first-order chi connectivity index (χ1) is 8.59. The second-order valence-electron chi connectivity index (χ2n) is 5.13. The molecule has 2 aromatic rings. The molecule has 0 amide bonds. The number of rotatable bonds is 1. The van der Waals surface area contributed by atoms with Crippen LogP contribution in [-0.2, 0) is 5.41 Å². The van der Waals surface area contributed by atoms with Gasteiger partial charge in [-0.3, -0.25) is 0 Å². The van der Waals surface area contributed by atoms with Gasteiger partial charge in [-0.25, -0.2) is 0 Å². The fraction of sp³-hybridized carbons (Fsp3) is 0.176. The number of allylic oxidation sites excluding steroid dienone is 1. The van der Waals surface area contributed by atoms with Gasteiger partial charge in [0, 0.05) is 9.89 Å². The third kappa shape index (κ3) is 1.74. The molecule has 3 rings (SSSR count). The van der Waals surface area contributed by atoms with E-state index in [4.69, 9.17) is 0 Å². The number of aryl methyl sites for hydroxylation is 1. The van der Waals surface area contributed by atoms with Gasteiger partial charge in [0.15, 0.2) is 0 Å². The molecule has 0 saturated carbocycles. The summed E-state index contributed by atoms with van der Waals surface area (Å²) in [6, 6.07) is 15.3. The standard InChI is InChI=1S/C17H15Br/c1-12-3-6-14(7-4-12)17(2)10-9-13-5-8-15(18)11-16(13)17/h3-11H,1-2H3. The minimum atomic E-state index is -0.00713. The lowest BCUT2D eigenvalue weighted by molar-refractivity contribution is 0.737. The number of halogens is 1. The van der Waals surface area contributed by atoms with Crippen molar-refractivity contribution < 1.29 is 0 Å². The number of benzene rings is 2. The van der Waals surface area contributed by atoms with Gasteiger partial charge in [-0.1, -0.05) is 64.0 Å². The number of hydrogen-bond donors (Lipinski definition) is 0. The van der Waals surface area contributed by atoms with E-state index in [1.807, 2.05) is 0 Å². The van der Waals surface area contributed by atoms with Gasteiger partial charge in [0.2, 0.25) is 0 Å². The second-order valence-corrected chi connectivity index (χ2v) is 6.05. The molecule has 0 bridgehead atoms. The molecule has 0 N–H and O–H groups in total. The van der Waals surface area contributed by atoms with Crippen LogP contribution in [0.15, 0.2) is 53.0 Å². The molecule has 0 saturated heterocycles. The molecule has 18 heavy (non-hydrogen) atoms. The molecule has 1 unspecified atom stereocenters. The Morgan fingerprint density at radius 2 is 1.72 bits per heavy atom. The fourth-order valence-corrected chi connectivity index (χ4v) is 2.98. The molecule has 1 aliphatic carbocycles. The minimum absolute atomic E-state index is 0.00713. The van der Waals surface area contributed by atoms with Crippen molar-refractivity contribution in [2.75, 3.05) is 0 Å². The Morgan fingerprint density at radius 1 is 1.00 bits per heavy atom. The molecule has 0 aromatic heterocycles. The van der Waals surface area contributed by atoms with Gasteiger partial charge in [-0.05, 0) is 42.7 Å². The summed E-state index contributed by atoms with van der Waals surface area (Å²) < 4.78 is 1.14. The summed E-state index contributed by atoms with van der Waals surface area (Å²) in [7, 11) is 0. The Bertz CT molecular complexity index is 623. The smallest absolute Gasteiger partial charge is 0.0363 e. The fourth-order valence-electron chi connectivity index (χ4n) is 2.62. The van der Waals surface area contributed by atoms with Gasteiger partial charge >= 0.3 is 0 Å². The average molecular weight is 299 g/mol. The molecule has 0 heterocycles. The molecule has 2 aromatic carbocycles. The van der Waals surface area contributed by atoms with E-state index >= 15 is 0 Å². The van der Waals surface area contributed by atoms with Crippen molar-refractivity contribution in [2.24, 2.45) is 0 Å². The van der Waals surface area contributed by atoms with Gasteiger partial charge < -0.3 is 0 Å². The molecule has 0 fully saturated rings. The molecule has 0 radical (unpaired) electrons. The average Bonchev–Trinajstić information content (AvgIpc) is 2.69. The first-order valence-corrected chi connectivity index (χ1v) is 6.95. The summed E-state index contributed by atoms with van der Waals surface area (Å²) in [6.45, 7) is 4.41. The third-order valence-electron chi connectivity index (χ3n) is 3.82. The van der Waals surface area contributed by atoms with E-state index in [0.717, 1.165) is 4.47 Å². The molecule has 90 valence electrons. The molecule has 0 spiro atoms. The molecule has 0 nitrogen and oxygen atoms in total. The van der Waals surface area contributed by atoms with Crippen molar-refractivity contribution >= 4 is 22.0 Å². The second kappa shape index (κ2) is 4.10. The van der Waals surface area contributed by atoms with Crippen molar-refractivity contribution in [3.8, 4) is 0 Å². The largest absolute Gasteiger partial charge is 0.0692 e. The summed E-state index contributed by atoms with van der Waals surface area (Å²) in [5.74, 6) is 0. The molecular weight excluding hydrogens is 284 g/mol. The van der Waals surface area contributed by atoms with Crippen molar-refractivity contribution in [3.05, 3.63) is 75.3 Å². The Morgan fingerprint density at radius 3 is 2.44 bits per heavy atom. The molecule has 0 aliphatic heterocycles. The van der Waals surface area contributed by atoms with Crippen LogP contribution in [0.1, 0.15) is 29.2 Å². The predicted molar refractivity (Wildman–Crippen MR) is 80.8 cm³/mol. The SMILES string of the molecule is Cc1ccc(C2(C)C=Cc3ccc(Br)cc32)cc1. The van der Waals surface area contributed by atoms with Crippen molar-refractivity contribution in [1.29, 1.82) is 0 Å². The molecule has 1 atom stereocenters. The summed E-state index contributed by atoms with van der Waals surface area (Å²) in [5.41, 5.74) is 5.34. The zero-order valence-corrected chi connectivity index (χ0v) is 12.2. The van der Waals surface area contributed by atoms with Gasteiger partial charge in [0.1, 0.15) is 0 Å².